The van der Waals surface area contributed by atoms with Gasteiger partial charge in [0.05, 0.1) is 17.3 Å². The normalized spacial score (nSPS) is 11.6. The molecule has 0 bridgehead atoms. The van der Waals surface area contributed by atoms with Gasteiger partial charge in [-0.3, -0.25) is 0 Å². The van der Waals surface area contributed by atoms with Gasteiger partial charge in [0, 0.05) is 26.6 Å². The molecule has 0 saturated heterocycles. The molecule has 0 spiro atoms. The molecular formula is C21H25ClN2O5. The molecule has 0 heterocycles. The number of ether oxygens (including phenoxy) is 2. The van der Waals surface area contributed by atoms with Crippen LogP contribution < -0.4 is 10.1 Å². The Morgan fingerprint density at radius 1 is 1.17 bits per heavy atom. The molecular weight excluding hydrogens is 396 g/mol. The van der Waals surface area contributed by atoms with Crippen LogP contribution in [0.2, 0.25) is 5.02 Å². The predicted octanol–water partition coefficient (Wildman–Crippen LogP) is 3.91. The summed E-state index contributed by atoms with van der Waals surface area (Å²) >= 11 is 6.10. The van der Waals surface area contributed by atoms with Gasteiger partial charge in [-0.15, -0.1) is 0 Å². The second-order valence-electron chi connectivity index (χ2n) is 6.30. The van der Waals surface area contributed by atoms with Crippen molar-refractivity contribution in [3.8, 4) is 5.75 Å². The fourth-order valence-corrected chi connectivity index (χ4v) is 2.83. The Labute approximate surface area is 175 Å². The summed E-state index contributed by atoms with van der Waals surface area (Å²) in [6.45, 7) is 3.24. The van der Waals surface area contributed by atoms with Crippen LogP contribution in [0.3, 0.4) is 0 Å². The maximum Gasteiger partial charge on any atom is 0.415 e. The van der Waals surface area contributed by atoms with Gasteiger partial charge in [0.25, 0.3) is 0 Å². The molecule has 1 atom stereocenters. The summed E-state index contributed by atoms with van der Waals surface area (Å²) in [5, 5.41) is 12.9. The number of amides is 1. The van der Waals surface area contributed by atoms with Gasteiger partial charge in [-0.2, -0.15) is 0 Å². The largest absolute Gasteiger partial charge is 0.480 e. The van der Waals surface area contributed by atoms with Gasteiger partial charge in [0.2, 0.25) is 0 Å². The Balaban J connectivity index is 2.00. The molecule has 7 nitrogen and oxygen atoms in total. The van der Waals surface area contributed by atoms with Gasteiger partial charge in [-0.1, -0.05) is 35.9 Å². The van der Waals surface area contributed by atoms with E-state index in [4.69, 9.17) is 21.1 Å². The van der Waals surface area contributed by atoms with Crippen LogP contribution >= 0.6 is 11.6 Å². The molecule has 2 aromatic rings. The Morgan fingerprint density at radius 3 is 2.45 bits per heavy atom. The summed E-state index contributed by atoms with van der Waals surface area (Å²) in [5.74, 6) is -0.599. The minimum Gasteiger partial charge on any atom is -0.480 e. The Morgan fingerprint density at radius 2 is 1.86 bits per heavy atom. The molecule has 0 radical (unpaired) electrons. The minimum absolute atomic E-state index is 0.240. The van der Waals surface area contributed by atoms with E-state index in [2.05, 4.69) is 5.32 Å². The average Bonchev–Trinajstić information content (AvgIpc) is 2.71. The molecule has 2 aromatic carbocycles. The van der Waals surface area contributed by atoms with E-state index in [1.807, 2.05) is 6.92 Å². The lowest BCUT2D eigenvalue weighted by molar-refractivity contribution is -0.137. The van der Waals surface area contributed by atoms with Crippen molar-refractivity contribution >= 4 is 29.4 Å². The predicted molar refractivity (Wildman–Crippen MR) is 112 cm³/mol. The number of anilines is 1. The van der Waals surface area contributed by atoms with Crippen molar-refractivity contribution in [1.82, 2.24) is 4.90 Å². The quantitative estimate of drug-likeness (QED) is 0.605. The number of carboxylic acid groups (broad SMARTS) is 1. The molecule has 0 saturated carbocycles. The lowest BCUT2D eigenvalue weighted by Gasteiger charge is -2.20. The summed E-state index contributed by atoms with van der Waals surface area (Å²) in [4.78, 5) is 25.4. The summed E-state index contributed by atoms with van der Waals surface area (Å²) in [7, 11) is 1.57. The van der Waals surface area contributed by atoms with E-state index in [1.54, 1.807) is 55.6 Å². The van der Waals surface area contributed by atoms with Gasteiger partial charge in [-0.05, 0) is 36.8 Å². The fourth-order valence-electron chi connectivity index (χ4n) is 2.64. The summed E-state index contributed by atoms with van der Waals surface area (Å²) in [6.07, 6.45) is -0.218. The number of carbonyl (C=O) groups excluding carboxylic acids is 1. The Hall–Kier alpha value is -2.77. The Bertz CT molecular complexity index is 813. The smallest absolute Gasteiger partial charge is 0.415 e. The van der Waals surface area contributed by atoms with Crippen molar-refractivity contribution in [2.24, 2.45) is 0 Å². The number of rotatable bonds is 10. The van der Waals surface area contributed by atoms with Crippen molar-refractivity contribution in [3.05, 3.63) is 59.1 Å². The van der Waals surface area contributed by atoms with E-state index in [9.17, 15) is 14.7 Å². The topological polar surface area (TPSA) is 88.1 Å². The van der Waals surface area contributed by atoms with Crippen molar-refractivity contribution in [2.75, 3.05) is 32.1 Å². The number of para-hydroxylation sites is 1. The van der Waals surface area contributed by atoms with E-state index < -0.39 is 18.1 Å². The second-order valence-corrected chi connectivity index (χ2v) is 6.71. The molecule has 0 aromatic heterocycles. The number of hydrogen-bond acceptors (Lipinski definition) is 5. The number of carboxylic acids is 1. The number of aliphatic carboxylic acids is 1. The Kier molecular flexibility index (Phi) is 8.76. The van der Waals surface area contributed by atoms with Crippen molar-refractivity contribution in [2.45, 2.75) is 19.4 Å². The highest BCUT2D eigenvalue weighted by molar-refractivity contribution is 6.33. The third-order valence-electron chi connectivity index (χ3n) is 4.28. The number of nitrogens with zero attached hydrogens (tertiary/aromatic N) is 1. The van der Waals surface area contributed by atoms with Crippen molar-refractivity contribution in [3.63, 3.8) is 0 Å². The molecule has 2 N–H and O–H groups in total. The highest BCUT2D eigenvalue weighted by atomic mass is 35.5. The molecule has 0 aliphatic heterocycles. The van der Waals surface area contributed by atoms with Crippen molar-refractivity contribution < 1.29 is 24.2 Å². The van der Waals surface area contributed by atoms with E-state index >= 15 is 0 Å². The van der Waals surface area contributed by atoms with Gasteiger partial charge in [-0.25, -0.2) is 9.59 Å². The summed E-state index contributed by atoms with van der Waals surface area (Å²) in [6, 6.07) is 12.9. The maximum absolute atomic E-state index is 12.2. The first kappa shape index (κ1) is 22.5. The highest BCUT2D eigenvalue weighted by Crippen LogP contribution is 2.22. The molecule has 29 heavy (non-hydrogen) atoms. The SMILES string of the molecule is CCN(CCOC)C(=O)Oc1ccc(CC(Nc2ccccc2Cl)C(=O)O)cc1. The van der Waals surface area contributed by atoms with Crippen LogP contribution in [-0.2, 0) is 16.0 Å². The molecule has 0 fully saturated rings. The number of nitrogens with one attached hydrogen (secondary N) is 1. The highest BCUT2D eigenvalue weighted by Gasteiger charge is 2.19. The molecule has 0 aliphatic carbocycles. The lowest BCUT2D eigenvalue weighted by atomic mass is 10.1. The first-order valence-corrected chi connectivity index (χ1v) is 9.61. The molecule has 156 valence electrons. The zero-order valence-corrected chi connectivity index (χ0v) is 17.2. The monoisotopic (exact) mass is 420 g/mol. The number of methoxy groups -OCH3 is 1. The number of benzene rings is 2. The van der Waals surface area contributed by atoms with E-state index in [-0.39, 0.29) is 6.42 Å². The van der Waals surface area contributed by atoms with Gasteiger partial charge in [0.1, 0.15) is 11.8 Å². The summed E-state index contributed by atoms with van der Waals surface area (Å²) in [5.41, 5.74) is 1.34. The zero-order valence-electron chi connectivity index (χ0n) is 16.4. The number of likely N-dealkylation sites (N-methyl/N-ethyl adjacent to an activating group) is 1. The third kappa shape index (κ3) is 6.96. The second kappa shape index (κ2) is 11.3. The van der Waals surface area contributed by atoms with Crippen LogP contribution in [-0.4, -0.2) is 54.9 Å². The first-order valence-electron chi connectivity index (χ1n) is 9.23. The van der Waals surface area contributed by atoms with Crippen LogP contribution in [0.4, 0.5) is 10.5 Å². The standard InChI is InChI=1S/C21H25ClN2O5/c1-3-24(12-13-28-2)21(27)29-16-10-8-15(9-11-16)14-19(20(25)26)23-18-7-5-4-6-17(18)22/h4-11,19,23H,3,12-14H2,1-2H3,(H,25,26). The zero-order chi connectivity index (χ0) is 21.2. The summed E-state index contributed by atoms with van der Waals surface area (Å²) < 4.78 is 10.4. The fraction of sp³-hybridized carbons (Fsp3) is 0.333. The van der Waals surface area contributed by atoms with E-state index in [1.165, 1.54) is 4.90 Å². The molecule has 2 rings (SSSR count). The molecule has 1 unspecified atom stereocenters. The van der Waals surface area contributed by atoms with E-state index in [0.717, 1.165) is 5.56 Å². The van der Waals surface area contributed by atoms with Gasteiger partial charge in [0.15, 0.2) is 0 Å². The van der Waals surface area contributed by atoms with Crippen LogP contribution in [0.1, 0.15) is 12.5 Å². The average molecular weight is 421 g/mol. The van der Waals surface area contributed by atoms with Crippen LogP contribution in [0.25, 0.3) is 0 Å². The van der Waals surface area contributed by atoms with E-state index in [0.29, 0.717) is 36.2 Å². The van der Waals surface area contributed by atoms with Crippen LogP contribution in [0.15, 0.2) is 48.5 Å². The minimum atomic E-state index is -0.989. The van der Waals surface area contributed by atoms with Gasteiger partial charge >= 0.3 is 12.1 Å². The first-order chi connectivity index (χ1) is 13.9. The molecule has 0 aliphatic rings. The van der Waals surface area contributed by atoms with Gasteiger partial charge < -0.3 is 24.8 Å². The number of halogens is 1. The maximum atomic E-state index is 12.2. The van der Waals surface area contributed by atoms with Crippen LogP contribution in [0.5, 0.6) is 5.75 Å². The van der Waals surface area contributed by atoms with Crippen LogP contribution in [0, 0.1) is 0 Å². The third-order valence-corrected chi connectivity index (χ3v) is 4.60. The number of carbonyl (C=O) groups is 2. The van der Waals surface area contributed by atoms with Crippen molar-refractivity contribution in [1.29, 1.82) is 0 Å². The lowest BCUT2D eigenvalue weighted by Crippen LogP contribution is -2.35. The molecule has 1 amide bonds. The molecule has 8 heteroatoms. The number of hydrogen-bond donors (Lipinski definition) is 2.